The lowest BCUT2D eigenvalue weighted by molar-refractivity contribution is -0.132. The van der Waals surface area contributed by atoms with Gasteiger partial charge in [0.1, 0.15) is 6.04 Å². The summed E-state index contributed by atoms with van der Waals surface area (Å²) in [6.07, 6.45) is 1.63. The maximum atomic E-state index is 12.3. The molecule has 23 heavy (non-hydrogen) atoms. The number of aliphatic hydroxyl groups is 1. The summed E-state index contributed by atoms with van der Waals surface area (Å²) in [5.41, 5.74) is 1.10. The Hall–Kier alpha value is -1.59. The molecule has 5 nitrogen and oxygen atoms in total. The second-order valence-corrected chi connectivity index (χ2v) is 6.95. The lowest BCUT2D eigenvalue weighted by Gasteiger charge is -2.21. The molecule has 0 bridgehead atoms. The predicted octanol–water partition coefficient (Wildman–Crippen LogP) is 1.59. The zero-order chi connectivity index (χ0) is 16.6. The fraction of sp³-hybridized carbons (Fsp3) is 0.529. The molecule has 124 valence electrons. The lowest BCUT2D eigenvalue weighted by atomic mass is 10.1. The third-order valence-corrected chi connectivity index (χ3v) is 4.64. The van der Waals surface area contributed by atoms with Crippen molar-refractivity contribution >= 4 is 23.4 Å². The lowest BCUT2D eigenvalue weighted by Crippen LogP contribution is -2.53. The van der Waals surface area contributed by atoms with Crippen LogP contribution in [0.4, 0.5) is 0 Å². The van der Waals surface area contributed by atoms with Crippen molar-refractivity contribution in [3.63, 3.8) is 0 Å². The Morgan fingerprint density at radius 1 is 1.35 bits per heavy atom. The van der Waals surface area contributed by atoms with E-state index in [0.717, 1.165) is 24.8 Å². The molecule has 0 radical (unpaired) electrons. The molecule has 0 aromatic heterocycles. The van der Waals surface area contributed by atoms with Gasteiger partial charge in [-0.3, -0.25) is 9.59 Å². The number of carbonyl (C=O) groups is 2. The van der Waals surface area contributed by atoms with Gasteiger partial charge in [-0.1, -0.05) is 23.7 Å². The molecule has 4 unspecified atom stereocenters. The topological polar surface area (TPSA) is 78.4 Å². The van der Waals surface area contributed by atoms with Crippen LogP contribution in [0.3, 0.4) is 0 Å². The maximum absolute atomic E-state index is 12.3. The van der Waals surface area contributed by atoms with Crippen LogP contribution in [0, 0.1) is 5.92 Å². The molecule has 2 amide bonds. The number of carbonyl (C=O) groups excluding carboxylic acids is 2. The minimum absolute atomic E-state index is 0.00387. The van der Waals surface area contributed by atoms with E-state index in [1.54, 1.807) is 0 Å². The number of nitrogens with one attached hydrogen (secondary N) is 2. The number of rotatable bonds is 6. The first-order chi connectivity index (χ1) is 11.0. The summed E-state index contributed by atoms with van der Waals surface area (Å²) < 4.78 is 0. The Kier molecular flexibility index (Phi) is 4.60. The van der Waals surface area contributed by atoms with Crippen molar-refractivity contribution in [1.29, 1.82) is 0 Å². The van der Waals surface area contributed by atoms with E-state index >= 15 is 0 Å². The van der Waals surface area contributed by atoms with E-state index in [1.807, 2.05) is 24.3 Å². The highest BCUT2D eigenvalue weighted by Crippen LogP contribution is 2.41. The summed E-state index contributed by atoms with van der Waals surface area (Å²) in [4.78, 5) is 24.2. The summed E-state index contributed by atoms with van der Waals surface area (Å²) in [5, 5.41) is 16.0. The highest BCUT2D eigenvalue weighted by molar-refractivity contribution is 6.30. The van der Waals surface area contributed by atoms with Crippen molar-refractivity contribution in [2.45, 2.75) is 50.3 Å². The number of hydrogen-bond donors (Lipinski definition) is 3. The Balaban J connectivity index is 1.56. The van der Waals surface area contributed by atoms with Gasteiger partial charge in [-0.15, -0.1) is 0 Å². The summed E-state index contributed by atoms with van der Waals surface area (Å²) in [6.45, 7) is 1.51. The van der Waals surface area contributed by atoms with E-state index in [1.165, 1.54) is 6.92 Å². The number of halogens is 1. The normalized spacial score (nSPS) is 25.3. The molecule has 2 fully saturated rings. The second-order valence-electron chi connectivity index (χ2n) is 6.51. The molecule has 6 heteroatoms. The van der Waals surface area contributed by atoms with Gasteiger partial charge < -0.3 is 15.7 Å². The standard InChI is InChI=1S/C17H21ClN2O3/c1-9(21)15(20-16(22)10-5-6-10)17(23)19-14-8-13(14)11-3-2-4-12(18)7-11/h2-4,7,9-10,13-15,21H,5-6,8H2,1H3,(H,19,23)(H,20,22). The average Bonchev–Trinajstić information content (AvgIpc) is 3.37. The molecule has 2 saturated carbocycles. The largest absolute Gasteiger partial charge is 0.391 e. The van der Waals surface area contributed by atoms with Crippen molar-refractivity contribution in [3.05, 3.63) is 34.9 Å². The van der Waals surface area contributed by atoms with E-state index in [0.29, 0.717) is 5.02 Å². The van der Waals surface area contributed by atoms with Crippen molar-refractivity contribution < 1.29 is 14.7 Å². The van der Waals surface area contributed by atoms with E-state index in [-0.39, 0.29) is 29.7 Å². The zero-order valence-corrected chi connectivity index (χ0v) is 13.7. The monoisotopic (exact) mass is 336 g/mol. The van der Waals surface area contributed by atoms with E-state index < -0.39 is 12.1 Å². The van der Waals surface area contributed by atoms with Crippen molar-refractivity contribution in [2.75, 3.05) is 0 Å². The number of amides is 2. The van der Waals surface area contributed by atoms with Gasteiger partial charge in [0, 0.05) is 22.9 Å². The van der Waals surface area contributed by atoms with Crippen LogP contribution in [-0.4, -0.2) is 35.1 Å². The molecule has 0 aliphatic heterocycles. The van der Waals surface area contributed by atoms with Gasteiger partial charge in [0.05, 0.1) is 6.10 Å². The third-order valence-electron chi connectivity index (χ3n) is 4.41. The number of aliphatic hydroxyl groups excluding tert-OH is 1. The molecular formula is C17H21ClN2O3. The summed E-state index contributed by atoms with van der Waals surface area (Å²) in [5.74, 6) is -0.229. The fourth-order valence-corrected chi connectivity index (χ4v) is 2.95. The summed E-state index contributed by atoms with van der Waals surface area (Å²) in [6, 6.07) is 6.73. The van der Waals surface area contributed by atoms with Crippen LogP contribution in [-0.2, 0) is 9.59 Å². The molecule has 1 aromatic rings. The Morgan fingerprint density at radius 3 is 2.70 bits per heavy atom. The maximum Gasteiger partial charge on any atom is 0.245 e. The van der Waals surface area contributed by atoms with Crippen molar-refractivity contribution in [2.24, 2.45) is 5.92 Å². The summed E-state index contributed by atoms with van der Waals surface area (Å²) in [7, 11) is 0. The Labute approximate surface area is 140 Å². The average molecular weight is 337 g/mol. The van der Waals surface area contributed by atoms with Crippen LogP contribution in [0.5, 0.6) is 0 Å². The van der Waals surface area contributed by atoms with Gasteiger partial charge in [0.2, 0.25) is 11.8 Å². The second kappa shape index (κ2) is 6.49. The van der Waals surface area contributed by atoms with Gasteiger partial charge in [-0.2, -0.15) is 0 Å². The number of hydrogen-bond acceptors (Lipinski definition) is 3. The fourth-order valence-electron chi connectivity index (χ4n) is 2.75. The molecule has 4 atom stereocenters. The van der Waals surface area contributed by atoms with Gasteiger partial charge in [0.15, 0.2) is 0 Å². The highest BCUT2D eigenvalue weighted by atomic mass is 35.5. The first-order valence-corrected chi connectivity index (χ1v) is 8.38. The smallest absolute Gasteiger partial charge is 0.245 e. The van der Waals surface area contributed by atoms with Crippen LogP contribution in [0.2, 0.25) is 5.02 Å². The van der Waals surface area contributed by atoms with Crippen molar-refractivity contribution in [3.8, 4) is 0 Å². The molecule has 3 N–H and O–H groups in total. The first kappa shape index (κ1) is 16.3. The van der Waals surface area contributed by atoms with E-state index in [2.05, 4.69) is 10.6 Å². The van der Waals surface area contributed by atoms with Gasteiger partial charge in [0.25, 0.3) is 0 Å². The Morgan fingerprint density at radius 2 is 2.09 bits per heavy atom. The minimum Gasteiger partial charge on any atom is -0.391 e. The molecule has 2 aliphatic carbocycles. The molecule has 3 rings (SSSR count). The van der Waals surface area contributed by atoms with E-state index in [4.69, 9.17) is 11.6 Å². The number of benzene rings is 1. The van der Waals surface area contributed by atoms with Gasteiger partial charge >= 0.3 is 0 Å². The van der Waals surface area contributed by atoms with Crippen LogP contribution in [0.15, 0.2) is 24.3 Å². The predicted molar refractivity (Wildman–Crippen MR) is 87.1 cm³/mol. The molecule has 0 heterocycles. The third kappa shape index (κ3) is 4.03. The van der Waals surface area contributed by atoms with Gasteiger partial charge in [-0.25, -0.2) is 0 Å². The van der Waals surface area contributed by atoms with Crippen LogP contribution >= 0.6 is 11.6 Å². The Bertz CT molecular complexity index is 616. The molecule has 1 aromatic carbocycles. The van der Waals surface area contributed by atoms with Crippen LogP contribution < -0.4 is 10.6 Å². The quantitative estimate of drug-likeness (QED) is 0.738. The highest BCUT2D eigenvalue weighted by Gasteiger charge is 2.42. The molecule has 0 saturated heterocycles. The van der Waals surface area contributed by atoms with Gasteiger partial charge in [-0.05, 0) is 43.9 Å². The first-order valence-electron chi connectivity index (χ1n) is 8.00. The summed E-state index contributed by atoms with van der Waals surface area (Å²) >= 11 is 5.99. The van der Waals surface area contributed by atoms with Crippen molar-refractivity contribution in [1.82, 2.24) is 10.6 Å². The molecule has 0 spiro atoms. The zero-order valence-electron chi connectivity index (χ0n) is 13.0. The SMILES string of the molecule is CC(O)C(NC(=O)C1CC1)C(=O)NC1CC1c1cccc(Cl)c1. The van der Waals surface area contributed by atoms with Crippen LogP contribution in [0.1, 0.15) is 37.7 Å². The molecule has 2 aliphatic rings. The van der Waals surface area contributed by atoms with E-state index in [9.17, 15) is 14.7 Å². The molecular weight excluding hydrogens is 316 g/mol. The minimum atomic E-state index is -0.930. The van der Waals surface area contributed by atoms with Crippen LogP contribution in [0.25, 0.3) is 0 Å².